The number of likely N-dealkylation sites (tertiary alicyclic amines) is 1. The molecule has 14 nitrogen and oxygen atoms in total. The van der Waals surface area contributed by atoms with Gasteiger partial charge in [0, 0.05) is 49.1 Å². The summed E-state index contributed by atoms with van der Waals surface area (Å²) in [5, 5.41) is 13.1. The molecule has 3 amide bonds. The van der Waals surface area contributed by atoms with Crippen molar-refractivity contribution in [3.8, 4) is 11.5 Å². The molecule has 3 heterocycles. The number of morpholine rings is 1. The Hall–Kier alpha value is -4.14. The number of ether oxygens (including phenoxy) is 4. The van der Waals surface area contributed by atoms with E-state index in [1.165, 1.54) is 11.3 Å². The molecule has 2 unspecified atom stereocenters. The Morgan fingerprint density at radius 1 is 1.02 bits per heavy atom. The van der Waals surface area contributed by atoms with Crippen molar-refractivity contribution in [2.24, 2.45) is 29.4 Å². The van der Waals surface area contributed by atoms with Crippen LogP contribution in [0, 0.1) is 23.7 Å². The quantitative estimate of drug-likeness (QED) is 0.121. The molecule has 6 aliphatic rings. The number of alkyl carbamates (subject to hydrolysis) is 1. The molecule has 7 atom stereocenters. The maximum absolute atomic E-state index is 14.3. The molecule has 0 radical (unpaired) electrons. The minimum absolute atomic E-state index is 0.105. The van der Waals surface area contributed by atoms with Gasteiger partial charge in [0.1, 0.15) is 47.4 Å². The van der Waals surface area contributed by atoms with E-state index < -0.39 is 42.1 Å². The van der Waals surface area contributed by atoms with Crippen molar-refractivity contribution >= 4 is 46.4 Å². The molecule has 0 spiro atoms. The van der Waals surface area contributed by atoms with Gasteiger partial charge in [-0.15, -0.1) is 0 Å². The van der Waals surface area contributed by atoms with Crippen LogP contribution >= 0.6 is 11.6 Å². The largest absolute Gasteiger partial charge is 0.491 e. The number of carbonyl (C=O) groups excluding carboxylic acids is 3. The van der Waals surface area contributed by atoms with E-state index in [0.29, 0.717) is 84.3 Å². The average Bonchev–Trinajstić information content (AvgIpc) is 4.16. The minimum Gasteiger partial charge on any atom is -0.491 e. The Labute approximate surface area is 344 Å². The van der Waals surface area contributed by atoms with Crippen LogP contribution in [0.4, 0.5) is 4.79 Å². The van der Waals surface area contributed by atoms with Gasteiger partial charge in [-0.25, -0.2) is 4.79 Å². The highest BCUT2D eigenvalue weighted by Crippen LogP contribution is 2.52. The van der Waals surface area contributed by atoms with Gasteiger partial charge in [-0.1, -0.05) is 36.6 Å². The number of amides is 3. The second kappa shape index (κ2) is 18.0. The third-order valence-corrected chi connectivity index (χ3v) is 13.1. The van der Waals surface area contributed by atoms with Crippen molar-refractivity contribution in [1.29, 1.82) is 0 Å². The Balaban J connectivity index is 0.928. The van der Waals surface area contributed by atoms with Crippen LogP contribution in [0.15, 0.2) is 30.4 Å². The number of hydrogen-bond donors (Lipinski definition) is 3. The van der Waals surface area contributed by atoms with Crippen molar-refractivity contribution in [3.63, 3.8) is 0 Å². The fourth-order valence-electron chi connectivity index (χ4n) is 9.02. The highest BCUT2D eigenvalue weighted by molar-refractivity contribution is 6.36. The standard InChI is InChI=1S/C43H56ClN5O9/c44-38-36(56-17-14-48-12-15-55-16-13-48)11-10-31-37(23-34(25-8-9-25)46-39(31)38)57-30-22-35(40(45)50)49(24-30)41(51)33(47-43(54)58-29-19-27-18-28(27)20-29)7-5-3-1-2-4-6-26-21-32(26)42(52)53/h4,6,10-11,23,25-30,32-33,35H,1-3,5,7-9,12-22,24H2,(H2,45,50)(H,47,54)(H,52,53)/b6-4-/t26-,27?,28?,29?,30-,32+,33+,35+/m1/s1. The molecular formula is C43H56ClN5O9. The van der Waals surface area contributed by atoms with Crippen LogP contribution in [0.5, 0.6) is 11.5 Å². The molecule has 4 aliphatic carbocycles. The Bertz CT molecular complexity index is 1880. The van der Waals surface area contributed by atoms with Crippen molar-refractivity contribution in [2.45, 2.75) is 107 Å². The summed E-state index contributed by atoms with van der Waals surface area (Å²) in [6, 6.07) is 3.83. The number of unbranched alkanes of at least 4 members (excludes halogenated alkanes) is 3. The second-order valence-corrected chi connectivity index (χ2v) is 17.5. The Morgan fingerprint density at radius 2 is 1.81 bits per heavy atom. The summed E-state index contributed by atoms with van der Waals surface area (Å²) in [6.07, 6.45) is 12.0. The van der Waals surface area contributed by atoms with E-state index in [1.807, 2.05) is 30.4 Å². The molecule has 2 aliphatic heterocycles. The summed E-state index contributed by atoms with van der Waals surface area (Å²) in [5.74, 6) is 0.746. The van der Waals surface area contributed by atoms with Crippen LogP contribution in [0.2, 0.25) is 5.02 Å². The zero-order valence-corrected chi connectivity index (χ0v) is 33.8. The third kappa shape index (κ3) is 9.99. The molecule has 15 heteroatoms. The predicted molar refractivity (Wildman–Crippen MR) is 215 cm³/mol. The molecule has 4 saturated carbocycles. The zero-order valence-electron chi connectivity index (χ0n) is 33.0. The summed E-state index contributed by atoms with van der Waals surface area (Å²) < 4.78 is 24.0. The first-order valence-electron chi connectivity index (χ1n) is 21.3. The fraction of sp³-hybridized carbons (Fsp3) is 0.651. The van der Waals surface area contributed by atoms with E-state index in [0.717, 1.165) is 70.3 Å². The summed E-state index contributed by atoms with van der Waals surface area (Å²) in [7, 11) is 0. The number of aromatic nitrogens is 1. The van der Waals surface area contributed by atoms with Crippen LogP contribution in [0.3, 0.4) is 0 Å². The minimum atomic E-state index is -0.923. The lowest BCUT2D eigenvalue weighted by atomic mass is 10.0. The van der Waals surface area contributed by atoms with Gasteiger partial charge in [0.15, 0.2) is 0 Å². The number of nitrogens with one attached hydrogen (secondary N) is 1. The Morgan fingerprint density at radius 3 is 2.53 bits per heavy atom. The highest BCUT2D eigenvalue weighted by atomic mass is 35.5. The number of fused-ring (bicyclic) bond motifs is 2. The lowest BCUT2D eigenvalue weighted by Crippen LogP contribution is -2.53. The van der Waals surface area contributed by atoms with Gasteiger partial charge in [-0.3, -0.25) is 24.3 Å². The molecule has 2 saturated heterocycles. The van der Waals surface area contributed by atoms with Gasteiger partial charge >= 0.3 is 12.1 Å². The summed E-state index contributed by atoms with van der Waals surface area (Å²) in [4.78, 5) is 60.2. The lowest BCUT2D eigenvalue weighted by Gasteiger charge is -2.28. The predicted octanol–water partition coefficient (Wildman–Crippen LogP) is 5.43. The van der Waals surface area contributed by atoms with Gasteiger partial charge in [-0.05, 0) is 87.7 Å². The molecule has 1 aromatic heterocycles. The van der Waals surface area contributed by atoms with Gasteiger partial charge < -0.3 is 40.0 Å². The van der Waals surface area contributed by atoms with Crippen LogP contribution < -0.4 is 20.5 Å². The molecule has 58 heavy (non-hydrogen) atoms. The van der Waals surface area contributed by atoms with Crippen LogP contribution in [0.25, 0.3) is 10.9 Å². The highest BCUT2D eigenvalue weighted by Gasteiger charge is 2.48. The van der Waals surface area contributed by atoms with Crippen molar-refractivity contribution in [2.75, 3.05) is 46.0 Å². The van der Waals surface area contributed by atoms with Gasteiger partial charge in [0.2, 0.25) is 11.8 Å². The maximum atomic E-state index is 14.3. The summed E-state index contributed by atoms with van der Waals surface area (Å²) in [6.45, 7) is 4.50. The summed E-state index contributed by atoms with van der Waals surface area (Å²) >= 11 is 6.97. The molecule has 1 aromatic carbocycles. The number of benzene rings is 1. The second-order valence-electron chi connectivity index (χ2n) is 17.1. The number of carboxylic acids is 1. The zero-order chi connectivity index (χ0) is 40.3. The molecule has 314 valence electrons. The number of aliphatic carboxylic acids is 1. The lowest BCUT2D eigenvalue weighted by molar-refractivity contribution is -0.139. The van der Waals surface area contributed by atoms with Gasteiger partial charge in [0.05, 0.1) is 31.2 Å². The van der Waals surface area contributed by atoms with E-state index in [9.17, 15) is 19.2 Å². The van der Waals surface area contributed by atoms with E-state index in [1.54, 1.807) is 0 Å². The molecule has 4 N–H and O–H groups in total. The first kappa shape index (κ1) is 40.6. The number of pyridine rings is 1. The first-order chi connectivity index (χ1) is 28.1. The molecule has 2 aromatic rings. The smallest absolute Gasteiger partial charge is 0.408 e. The Kier molecular flexibility index (Phi) is 12.6. The van der Waals surface area contributed by atoms with Gasteiger partial charge in [0.25, 0.3) is 0 Å². The average molecular weight is 822 g/mol. The van der Waals surface area contributed by atoms with Crippen molar-refractivity contribution < 1.29 is 43.2 Å². The number of nitrogens with two attached hydrogens (primary N) is 1. The third-order valence-electron chi connectivity index (χ3n) is 12.8. The van der Waals surface area contributed by atoms with Crippen molar-refractivity contribution in [3.05, 3.63) is 41.1 Å². The molecule has 6 fully saturated rings. The van der Waals surface area contributed by atoms with Crippen LogP contribution in [0.1, 0.15) is 88.7 Å². The number of rotatable bonds is 19. The van der Waals surface area contributed by atoms with Crippen LogP contribution in [-0.2, 0) is 23.9 Å². The monoisotopic (exact) mass is 821 g/mol. The van der Waals surface area contributed by atoms with Gasteiger partial charge in [-0.2, -0.15) is 0 Å². The topological polar surface area (TPSA) is 183 Å². The number of nitrogens with zero attached hydrogens (tertiary/aromatic N) is 3. The number of hydrogen-bond acceptors (Lipinski definition) is 10. The number of carboxylic acid groups (broad SMARTS) is 1. The normalized spacial score (nSPS) is 28.3. The van der Waals surface area contributed by atoms with E-state index in [4.69, 9.17) is 46.4 Å². The molecular weight excluding hydrogens is 766 g/mol. The number of allylic oxidation sites excluding steroid dienone is 2. The number of halogens is 1. The summed E-state index contributed by atoms with van der Waals surface area (Å²) in [5.41, 5.74) is 7.38. The SMILES string of the molecule is NC(=O)[C@@H]1C[C@@H](Oc2cc(C3CC3)nc3c(Cl)c(OCCN4CCOCC4)ccc23)CN1C(=O)[C@H](CCCCC/C=C\[C@@H]1C[C@@H]1C(=O)O)NC(=O)OC1CC2CC2C1. The van der Waals surface area contributed by atoms with E-state index in [-0.39, 0.29) is 30.9 Å². The molecule has 8 rings (SSSR count). The fourth-order valence-corrected chi connectivity index (χ4v) is 9.28. The molecule has 0 bridgehead atoms. The van der Waals surface area contributed by atoms with E-state index in [2.05, 4.69) is 10.2 Å². The number of primary amides is 1. The first-order valence-corrected chi connectivity index (χ1v) is 21.7. The van der Waals surface area contributed by atoms with E-state index >= 15 is 0 Å². The van der Waals surface area contributed by atoms with Crippen molar-refractivity contribution in [1.82, 2.24) is 20.1 Å². The number of carbonyl (C=O) groups is 4. The van der Waals surface area contributed by atoms with Crippen LogP contribution in [-0.4, -0.2) is 114 Å². The maximum Gasteiger partial charge on any atom is 0.408 e.